The van der Waals surface area contributed by atoms with Gasteiger partial charge in [0.15, 0.2) is 0 Å². The van der Waals surface area contributed by atoms with Gasteiger partial charge >= 0.3 is 0 Å². The van der Waals surface area contributed by atoms with Crippen LogP contribution in [-0.4, -0.2) is 0 Å². The van der Waals surface area contributed by atoms with Gasteiger partial charge in [-0.3, -0.25) is 0 Å². The normalized spacial score (nSPS) is 10.2. The maximum Gasteiger partial charge on any atom is 0.00427 e. The van der Waals surface area contributed by atoms with E-state index in [4.69, 9.17) is 0 Å². The van der Waals surface area contributed by atoms with Crippen molar-refractivity contribution in [1.82, 2.24) is 0 Å². The predicted molar refractivity (Wildman–Crippen MR) is 77.6 cm³/mol. The number of benzene rings is 2. The minimum Gasteiger partial charge on any atom is -0.143 e. The molecule has 0 unspecified atom stereocenters. The van der Waals surface area contributed by atoms with Gasteiger partial charge in [0.25, 0.3) is 0 Å². The summed E-state index contributed by atoms with van der Waals surface area (Å²) in [6.07, 6.45) is 3.99. The Balaban J connectivity index is 2.04. The van der Waals surface area contributed by atoms with Crippen LogP contribution >= 0.6 is 12.6 Å². The van der Waals surface area contributed by atoms with Crippen molar-refractivity contribution in [2.24, 2.45) is 0 Å². The van der Waals surface area contributed by atoms with E-state index >= 15 is 0 Å². The lowest BCUT2D eigenvalue weighted by Gasteiger charge is -2.04. The van der Waals surface area contributed by atoms with E-state index in [0.717, 1.165) is 17.7 Å². The molecule has 86 valence electrons. The molecule has 0 spiro atoms. The molecule has 0 aliphatic rings. The zero-order valence-electron chi connectivity index (χ0n) is 9.76. The summed E-state index contributed by atoms with van der Waals surface area (Å²) in [5.41, 5.74) is 3.87. The SMILES string of the molecule is C=Cc1cccc(CCc2cccc(S)c2)c1. The summed E-state index contributed by atoms with van der Waals surface area (Å²) >= 11 is 4.35. The smallest absolute Gasteiger partial charge is 0.00427 e. The van der Waals surface area contributed by atoms with E-state index in [0.29, 0.717) is 0 Å². The van der Waals surface area contributed by atoms with Crippen molar-refractivity contribution in [3.05, 3.63) is 71.8 Å². The average Bonchev–Trinajstić information content (AvgIpc) is 2.37. The largest absolute Gasteiger partial charge is 0.143 e. The van der Waals surface area contributed by atoms with Gasteiger partial charge in [-0.25, -0.2) is 0 Å². The Morgan fingerprint density at radius 2 is 1.59 bits per heavy atom. The van der Waals surface area contributed by atoms with Gasteiger partial charge in [0.05, 0.1) is 0 Å². The van der Waals surface area contributed by atoms with Gasteiger partial charge in [-0.05, 0) is 41.7 Å². The van der Waals surface area contributed by atoms with E-state index in [9.17, 15) is 0 Å². The highest BCUT2D eigenvalue weighted by Crippen LogP contribution is 2.13. The van der Waals surface area contributed by atoms with Crippen molar-refractivity contribution >= 4 is 18.7 Å². The van der Waals surface area contributed by atoms with Gasteiger partial charge in [-0.15, -0.1) is 12.6 Å². The summed E-state index contributed by atoms with van der Waals surface area (Å²) in [7, 11) is 0. The Hall–Kier alpha value is -1.47. The van der Waals surface area contributed by atoms with Crippen molar-refractivity contribution in [1.29, 1.82) is 0 Å². The molecule has 0 fully saturated rings. The Bertz CT molecular complexity index is 514. The van der Waals surface area contributed by atoms with Crippen LogP contribution in [0.5, 0.6) is 0 Å². The summed E-state index contributed by atoms with van der Waals surface area (Å²) in [6.45, 7) is 3.79. The lowest BCUT2D eigenvalue weighted by molar-refractivity contribution is 0.955. The molecule has 0 saturated carbocycles. The third kappa shape index (κ3) is 3.50. The molecule has 0 aliphatic carbocycles. The second kappa shape index (κ2) is 5.74. The van der Waals surface area contributed by atoms with Crippen LogP contribution in [0, 0.1) is 0 Å². The first-order chi connectivity index (χ1) is 8.28. The Morgan fingerprint density at radius 3 is 2.24 bits per heavy atom. The third-order valence-corrected chi connectivity index (χ3v) is 3.08. The van der Waals surface area contributed by atoms with Crippen LogP contribution in [0.3, 0.4) is 0 Å². The fourth-order valence-corrected chi connectivity index (χ4v) is 2.13. The first-order valence-corrected chi connectivity index (χ1v) is 6.22. The third-order valence-electron chi connectivity index (χ3n) is 2.80. The van der Waals surface area contributed by atoms with Crippen molar-refractivity contribution in [2.75, 3.05) is 0 Å². The minimum absolute atomic E-state index is 1.03. The molecule has 0 saturated heterocycles. The molecule has 0 radical (unpaired) electrons. The lowest BCUT2D eigenvalue weighted by atomic mass is 10.0. The molecule has 0 N–H and O–H groups in total. The quantitative estimate of drug-likeness (QED) is 0.752. The molecular weight excluding hydrogens is 224 g/mol. The number of hydrogen-bond acceptors (Lipinski definition) is 1. The molecule has 0 aromatic heterocycles. The number of aryl methyl sites for hydroxylation is 2. The fraction of sp³-hybridized carbons (Fsp3) is 0.125. The maximum atomic E-state index is 4.35. The lowest BCUT2D eigenvalue weighted by Crippen LogP contribution is -1.91. The van der Waals surface area contributed by atoms with Gasteiger partial charge in [0, 0.05) is 4.90 Å². The van der Waals surface area contributed by atoms with E-state index in [-0.39, 0.29) is 0 Å². The monoisotopic (exact) mass is 240 g/mol. The molecule has 2 aromatic rings. The highest BCUT2D eigenvalue weighted by atomic mass is 32.1. The first kappa shape index (κ1) is 12.0. The summed E-state index contributed by atoms with van der Waals surface area (Å²) in [5.74, 6) is 0. The van der Waals surface area contributed by atoms with E-state index in [1.807, 2.05) is 12.1 Å². The van der Waals surface area contributed by atoms with Gasteiger partial charge in [-0.1, -0.05) is 49.1 Å². The number of thiol groups is 1. The average molecular weight is 240 g/mol. The van der Waals surface area contributed by atoms with Gasteiger partial charge in [0.2, 0.25) is 0 Å². The van der Waals surface area contributed by atoms with Crippen molar-refractivity contribution < 1.29 is 0 Å². The Morgan fingerprint density at radius 1 is 0.941 bits per heavy atom. The van der Waals surface area contributed by atoms with E-state index < -0.39 is 0 Å². The summed E-state index contributed by atoms with van der Waals surface area (Å²) in [4.78, 5) is 1.03. The van der Waals surface area contributed by atoms with Crippen LogP contribution < -0.4 is 0 Å². The van der Waals surface area contributed by atoms with E-state index in [2.05, 4.69) is 61.7 Å². The molecular formula is C16H16S. The van der Waals surface area contributed by atoms with Crippen molar-refractivity contribution in [2.45, 2.75) is 17.7 Å². The maximum absolute atomic E-state index is 4.35. The molecule has 17 heavy (non-hydrogen) atoms. The van der Waals surface area contributed by atoms with Crippen LogP contribution in [0.1, 0.15) is 16.7 Å². The van der Waals surface area contributed by atoms with Crippen LogP contribution in [0.25, 0.3) is 6.08 Å². The van der Waals surface area contributed by atoms with Gasteiger partial charge in [-0.2, -0.15) is 0 Å². The molecule has 0 aliphatic heterocycles. The molecule has 0 amide bonds. The molecule has 0 heterocycles. The zero-order valence-corrected chi connectivity index (χ0v) is 10.7. The highest BCUT2D eigenvalue weighted by Gasteiger charge is 1.97. The van der Waals surface area contributed by atoms with E-state index in [1.165, 1.54) is 16.7 Å². The van der Waals surface area contributed by atoms with Crippen LogP contribution in [0.15, 0.2) is 60.0 Å². The Kier molecular flexibility index (Phi) is 4.05. The topological polar surface area (TPSA) is 0 Å². The summed E-state index contributed by atoms with van der Waals surface area (Å²) in [6, 6.07) is 16.8. The molecule has 2 aromatic carbocycles. The van der Waals surface area contributed by atoms with Crippen LogP contribution in [-0.2, 0) is 12.8 Å². The number of hydrogen-bond donors (Lipinski definition) is 1. The Labute approximate surface area is 108 Å². The number of rotatable bonds is 4. The summed E-state index contributed by atoms with van der Waals surface area (Å²) < 4.78 is 0. The highest BCUT2D eigenvalue weighted by molar-refractivity contribution is 7.80. The van der Waals surface area contributed by atoms with Gasteiger partial charge in [0.1, 0.15) is 0 Å². The van der Waals surface area contributed by atoms with E-state index in [1.54, 1.807) is 0 Å². The van der Waals surface area contributed by atoms with Crippen LogP contribution in [0.2, 0.25) is 0 Å². The standard InChI is InChI=1S/C16H16S/c1-2-13-5-3-6-14(11-13)9-10-15-7-4-8-16(17)12-15/h2-8,11-12,17H,1,9-10H2. The second-order valence-corrected chi connectivity index (χ2v) is 4.64. The molecule has 1 heteroatoms. The molecule has 0 nitrogen and oxygen atoms in total. The minimum atomic E-state index is 1.03. The molecule has 0 bridgehead atoms. The van der Waals surface area contributed by atoms with Crippen molar-refractivity contribution in [3.8, 4) is 0 Å². The zero-order chi connectivity index (χ0) is 12.1. The predicted octanol–water partition coefficient (Wildman–Crippen LogP) is 4.40. The molecule has 2 rings (SSSR count). The first-order valence-electron chi connectivity index (χ1n) is 5.77. The summed E-state index contributed by atoms with van der Waals surface area (Å²) in [5, 5.41) is 0. The van der Waals surface area contributed by atoms with Crippen molar-refractivity contribution in [3.63, 3.8) is 0 Å². The second-order valence-electron chi connectivity index (χ2n) is 4.12. The van der Waals surface area contributed by atoms with Gasteiger partial charge < -0.3 is 0 Å². The fourth-order valence-electron chi connectivity index (χ4n) is 1.88. The molecule has 0 atom stereocenters. The van der Waals surface area contributed by atoms with Crippen LogP contribution in [0.4, 0.5) is 0 Å².